The van der Waals surface area contributed by atoms with Crippen molar-refractivity contribution in [3.8, 4) is 0 Å². The van der Waals surface area contributed by atoms with Crippen molar-refractivity contribution in [3.63, 3.8) is 0 Å². The van der Waals surface area contributed by atoms with Crippen LogP contribution in [-0.2, 0) is 4.74 Å². The van der Waals surface area contributed by atoms with E-state index in [1.54, 1.807) is 0 Å². The molecule has 0 rings (SSSR count). The molecule has 0 radical (unpaired) electrons. The summed E-state index contributed by atoms with van der Waals surface area (Å²) >= 11 is 0. The number of nitrogens with two attached hydrogens (primary N) is 1. The maximum atomic E-state index is 5.53. The molecule has 0 aromatic carbocycles. The number of unbranched alkanes of at least 4 members (excludes halogenated alkanes) is 6. The molecule has 104 valence electrons. The van der Waals surface area contributed by atoms with Gasteiger partial charge in [0.15, 0.2) is 0 Å². The smallest absolute Gasteiger partial charge is 0.0481 e. The number of ether oxygens (including phenoxy) is 1. The van der Waals surface area contributed by atoms with Crippen molar-refractivity contribution >= 4 is 0 Å². The fourth-order valence-electron chi connectivity index (χ4n) is 2.03. The average Bonchev–Trinajstić information content (AvgIpc) is 2.35. The maximum Gasteiger partial charge on any atom is 0.0481 e. The van der Waals surface area contributed by atoms with Gasteiger partial charge < -0.3 is 4.74 Å². The molecule has 0 bridgehead atoms. The minimum atomic E-state index is 0.428. The quantitative estimate of drug-likeness (QED) is 0.296. The summed E-state index contributed by atoms with van der Waals surface area (Å²) in [4.78, 5) is 0. The summed E-state index contributed by atoms with van der Waals surface area (Å²) in [6.07, 6.45) is 11.7. The Morgan fingerprint density at radius 3 is 2.18 bits per heavy atom. The molecule has 1 unspecified atom stereocenters. The number of rotatable bonds is 13. The monoisotopic (exact) mass is 244 g/mol. The van der Waals surface area contributed by atoms with E-state index < -0.39 is 0 Å². The van der Waals surface area contributed by atoms with Crippen LogP contribution in [0.5, 0.6) is 0 Å². The summed E-state index contributed by atoms with van der Waals surface area (Å²) in [6.45, 7) is 5.91. The molecule has 3 heteroatoms. The lowest BCUT2D eigenvalue weighted by Gasteiger charge is -2.15. The molecule has 17 heavy (non-hydrogen) atoms. The summed E-state index contributed by atoms with van der Waals surface area (Å²) in [7, 11) is 0. The van der Waals surface area contributed by atoms with Crippen LogP contribution < -0.4 is 11.3 Å². The van der Waals surface area contributed by atoms with E-state index in [0.717, 1.165) is 19.6 Å². The van der Waals surface area contributed by atoms with Crippen molar-refractivity contribution in [3.05, 3.63) is 0 Å². The SMILES string of the molecule is CCCCCCCCCC(CCOCC)NN. The predicted octanol–water partition coefficient (Wildman–Crippen LogP) is 3.39. The highest BCUT2D eigenvalue weighted by Crippen LogP contribution is 2.10. The highest BCUT2D eigenvalue weighted by Gasteiger charge is 2.05. The van der Waals surface area contributed by atoms with Crippen LogP contribution >= 0.6 is 0 Å². The Morgan fingerprint density at radius 2 is 1.59 bits per heavy atom. The molecule has 0 aromatic rings. The Kier molecular flexibility index (Phi) is 13.8. The van der Waals surface area contributed by atoms with Gasteiger partial charge in [0.1, 0.15) is 0 Å². The fraction of sp³-hybridized carbons (Fsp3) is 1.00. The minimum absolute atomic E-state index is 0.428. The average molecular weight is 244 g/mol. The van der Waals surface area contributed by atoms with E-state index in [0.29, 0.717) is 6.04 Å². The van der Waals surface area contributed by atoms with E-state index >= 15 is 0 Å². The van der Waals surface area contributed by atoms with Crippen molar-refractivity contribution in [2.75, 3.05) is 13.2 Å². The van der Waals surface area contributed by atoms with Gasteiger partial charge in [-0.3, -0.25) is 11.3 Å². The van der Waals surface area contributed by atoms with Crippen LogP contribution in [0, 0.1) is 0 Å². The zero-order valence-corrected chi connectivity index (χ0v) is 11.8. The Hall–Kier alpha value is -0.120. The summed E-state index contributed by atoms with van der Waals surface area (Å²) < 4.78 is 5.34. The molecule has 0 aliphatic carbocycles. The molecule has 3 nitrogen and oxygen atoms in total. The second kappa shape index (κ2) is 13.9. The summed E-state index contributed by atoms with van der Waals surface area (Å²) in [5.41, 5.74) is 2.89. The largest absolute Gasteiger partial charge is 0.382 e. The molecule has 1 atom stereocenters. The van der Waals surface area contributed by atoms with Gasteiger partial charge in [-0.05, 0) is 19.8 Å². The maximum absolute atomic E-state index is 5.53. The first-order valence-corrected chi connectivity index (χ1v) is 7.39. The second-order valence-corrected chi connectivity index (χ2v) is 4.76. The zero-order chi connectivity index (χ0) is 12.8. The van der Waals surface area contributed by atoms with Crippen molar-refractivity contribution in [2.45, 2.75) is 77.7 Å². The van der Waals surface area contributed by atoms with Crippen LogP contribution in [0.15, 0.2) is 0 Å². The van der Waals surface area contributed by atoms with Gasteiger partial charge in [0.05, 0.1) is 0 Å². The molecule has 0 aliphatic rings. The van der Waals surface area contributed by atoms with Crippen LogP contribution in [0.2, 0.25) is 0 Å². The number of nitrogens with one attached hydrogen (secondary N) is 1. The fourth-order valence-corrected chi connectivity index (χ4v) is 2.03. The van der Waals surface area contributed by atoms with Gasteiger partial charge in [0.25, 0.3) is 0 Å². The van der Waals surface area contributed by atoms with Crippen LogP contribution in [-0.4, -0.2) is 19.3 Å². The molecular formula is C14H32N2O. The van der Waals surface area contributed by atoms with Crippen LogP contribution in [0.25, 0.3) is 0 Å². The lowest BCUT2D eigenvalue weighted by atomic mass is 10.0. The van der Waals surface area contributed by atoms with Gasteiger partial charge >= 0.3 is 0 Å². The van der Waals surface area contributed by atoms with Crippen LogP contribution in [0.1, 0.15) is 71.6 Å². The van der Waals surface area contributed by atoms with E-state index in [1.807, 2.05) is 6.92 Å². The topological polar surface area (TPSA) is 47.3 Å². The highest BCUT2D eigenvalue weighted by molar-refractivity contribution is 4.63. The van der Waals surface area contributed by atoms with E-state index in [9.17, 15) is 0 Å². The van der Waals surface area contributed by atoms with Gasteiger partial charge in [-0.1, -0.05) is 51.9 Å². The van der Waals surface area contributed by atoms with Crippen LogP contribution in [0.4, 0.5) is 0 Å². The van der Waals surface area contributed by atoms with Crippen molar-refractivity contribution in [1.29, 1.82) is 0 Å². The Bertz CT molecular complexity index is 142. The molecule has 0 saturated carbocycles. The first-order chi connectivity index (χ1) is 8.35. The first kappa shape index (κ1) is 16.9. The first-order valence-electron chi connectivity index (χ1n) is 7.39. The Labute approximate surface area is 107 Å². The van der Waals surface area contributed by atoms with Crippen molar-refractivity contribution in [1.82, 2.24) is 5.43 Å². The lowest BCUT2D eigenvalue weighted by molar-refractivity contribution is 0.135. The molecule has 0 amide bonds. The summed E-state index contributed by atoms with van der Waals surface area (Å²) in [6, 6.07) is 0.428. The molecule has 0 saturated heterocycles. The van der Waals surface area contributed by atoms with Gasteiger partial charge in [-0.25, -0.2) is 0 Å². The van der Waals surface area contributed by atoms with E-state index in [-0.39, 0.29) is 0 Å². The van der Waals surface area contributed by atoms with Gasteiger partial charge in [0, 0.05) is 19.3 Å². The number of hydrogen-bond donors (Lipinski definition) is 2. The predicted molar refractivity (Wildman–Crippen MR) is 74.8 cm³/mol. The van der Waals surface area contributed by atoms with Crippen molar-refractivity contribution < 1.29 is 4.74 Å². The van der Waals surface area contributed by atoms with E-state index in [4.69, 9.17) is 10.6 Å². The summed E-state index contributed by atoms with van der Waals surface area (Å²) in [5, 5.41) is 0. The molecule has 0 spiro atoms. The number of hydrogen-bond acceptors (Lipinski definition) is 3. The Morgan fingerprint density at radius 1 is 0.941 bits per heavy atom. The molecule has 0 fully saturated rings. The van der Waals surface area contributed by atoms with Gasteiger partial charge in [-0.15, -0.1) is 0 Å². The summed E-state index contributed by atoms with van der Waals surface area (Å²) in [5.74, 6) is 5.53. The molecule has 3 N–H and O–H groups in total. The third-order valence-corrected chi connectivity index (χ3v) is 3.21. The van der Waals surface area contributed by atoms with Crippen molar-refractivity contribution in [2.24, 2.45) is 5.84 Å². The van der Waals surface area contributed by atoms with Crippen LogP contribution in [0.3, 0.4) is 0 Å². The van der Waals surface area contributed by atoms with E-state index in [1.165, 1.54) is 51.4 Å². The zero-order valence-electron chi connectivity index (χ0n) is 11.8. The standard InChI is InChI=1S/C14H32N2O/c1-3-5-6-7-8-9-10-11-14(16-15)12-13-17-4-2/h14,16H,3-13,15H2,1-2H3. The Balaban J connectivity index is 3.25. The second-order valence-electron chi connectivity index (χ2n) is 4.76. The van der Waals surface area contributed by atoms with Gasteiger partial charge in [-0.2, -0.15) is 0 Å². The third-order valence-electron chi connectivity index (χ3n) is 3.21. The highest BCUT2D eigenvalue weighted by atomic mass is 16.5. The molecule has 0 heterocycles. The normalized spacial score (nSPS) is 12.9. The molecule has 0 aromatic heterocycles. The third kappa shape index (κ3) is 12.1. The minimum Gasteiger partial charge on any atom is -0.382 e. The van der Waals surface area contributed by atoms with E-state index in [2.05, 4.69) is 12.3 Å². The lowest BCUT2D eigenvalue weighted by Crippen LogP contribution is -2.35. The molecule has 0 aliphatic heterocycles. The number of hydrazine groups is 1. The van der Waals surface area contributed by atoms with Gasteiger partial charge in [0.2, 0.25) is 0 Å². The molecular weight excluding hydrogens is 212 g/mol.